The Morgan fingerprint density at radius 3 is 2.50 bits per heavy atom. The zero-order chi connectivity index (χ0) is 15.1. The van der Waals surface area contributed by atoms with Gasteiger partial charge >= 0.3 is 12.0 Å². The molecule has 4 N–H and O–H groups in total. The van der Waals surface area contributed by atoms with Gasteiger partial charge in [-0.2, -0.15) is 0 Å². The normalized spacial score (nSPS) is 9.70. The lowest BCUT2D eigenvalue weighted by atomic mass is 10.2. The summed E-state index contributed by atoms with van der Waals surface area (Å²) < 4.78 is 13.3. The molecule has 1 aromatic carbocycles. The van der Waals surface area contributed by atoms with E-state index in [2.05, 4.69) is 16.0 Å². The maximum absolute atomic E-state index is 13.3. The minimum Gasteiger partial charge on any atom is -0.478 e. The van der Waals surface area contributed by atoms with Crippen molar-refractivity contribution in [2.45, 2.75) is 6.92 Å². The number of carbonyl (C=O) groups is 3. The molecule has 0 saturated carbocycles. The first kappa shape index (κ1) is 15.4. The molecule has 0 aliphatic rings. The van der Waals surface area contributed by atoms with Crippen molar-refractivity contribution in [3.05, 3.63) is 29.6 Å². The van der Waals surface area contributed by atoms with Crippen LogP contribution in [0.1, 0.15) is 17.3 Å². The van der Waals surface area contributed by atoms with Gasteiger partial charge in [-0.15, -0.1) is 0 Å². The van der Waals surface area contributed by atoms with Gasteiger partial charge in [0.25, 0.3) is 0 Å². The van der Waals surface area contributed by atoms with E-state index in [1.807, 2.05) is 0 Å². The molecule has 0 atom stereocenters. The molecule has 0 aromatic heterocycles. The summed E-state index contributed by atoms with van der Waals surface area (Å²) in [6.45, 7) is 1.98. The van der Waals surface area contributed by atoms with Crippen LogP contribution in [0.2, 0.25) is 0 Å². The number of nitrogens with one attached hydrogen (secondary N) is 3. The number of hydrogen-bond acceptors (Lipinski definition) is 3. The molecule has 0 unspecified atom stereocenters. The van der Waals surface area contributed by atoms with Crippen LogP contribution < -0.4 is 16.0 Å². The Kier molecular flexibility index (Phi) is 5.45. The third-order valence-electron chi connectivity index (χ3n) is 2.24. The number of carbonyl (C=O) groups excluding carboxylic acids is 2. The number of benzene rings is 1. The molecule has 1 rings (SSSR count). The van der Waals surface area contributed by atoms with Gasteiger partial charge in [0, 0.05) is 12.2 Å². The van der Waals surface area contributed by atoms with E-state index >= 15 is 0 Å². The Labute approximate surface area is 114 Å². The molecule has 20 heavy (non-hydrogen) atoms. The van der Waals surface area contributed by atoms with Gasteiger partial charge in [-0.25, -0.2) is 14.0 Å². The lowest BCUT2D eigenvalue weighted by Crippen LogP contribution is -2.38. The van der Waals surface area contributed by atoms with E-state index in [4.69, 9.17) is 5.11 Å². The van der Waals surface area contributed by atoms with E-state index in [-0.39, 0.29) is 18.1 Å². The summed E-state index contributed by atoms with van der Waals surface area (Å²) in [6, 6.07) is 2.48. The summed E-state index contributed by atoms with van der Waals surface area (Å²) in [7, 11) is 0. The van der Waals surface area contributed by atoms with Gasteiger partial charge < -0.3 is 21.1 Å². The quantitative estimate of drug-likeness (QED) is 0.640. The van der Waals surface area contributed by atoms with Gasteiger partial charge in [0.2, 0.25) is 5.91 Å². The van der Waals surface area contributed by atoms with Gasteiger partial charge in [0.05, 0.1) is 12.1 Å². The van der Waals surface area contributed by atoms with Gasteiger partial charge in [0.1, 0.15) is 5.82 Å². The molecule has 108 valence electrons. The van der Waals surface area contributed by atoms with Gasteiger partial charge in [0.15, 0.2) is 0 Å². The summed E-state index contributed by atoms with van der Waals surface area (Å²) in [6.07, 6.45) is 0. The van der Waals surface area contributed by atoms with E-state index in [1.165, 1.54) is 6.07 Å². The number of urea groups is 1. The number of halogens is 1. The van der Waals surface area contributed by atoms with Crippen molar-refractivity contribution in [3.63, 3.8) is 0 Å². The summed E-state index contributed by atoms with van der Waals surface area (Å²) in [4.78, 5) is 33.1. The van der Waals surface area contributed by atoms with Crippen molar-refractivity contribution in [1.29, 1.82) is 0 Å². The first-order valence-corrected chi connectivity index (χ1v) is 5.78. The van der Waals surface area contributed by atoms with Crippen molar-refractivity contribution < 1.29 is 23.9 Å². The smallest absolute Gasteiger partial charge is 0.338 e. The molecule has 0 spiro atoms. The SMILES string of the molecule is CCNC(=O)CNC(=O)Nc1ccc(C(=O)O)c(F)c1. The van der Waals surface area contributed by atoms with Gasteiger partial charge in [-0.1, -0.05) is 0 Å². The molecular formula is C12H14FN3O4. The molecule has 0 radical (unpaired) electrons. The monoisotopic (exact) mass is 283 g/mol. The minimum absolute atomic E-state index is 0.0842. The van der Waals surface area contributed by atoms with E-state index < -0.39 is 23.4 Å². The van der Waals surface area contributed by atoms with Gasteiger partial charge in [-0.3, -0.25) is 4.79 Å². The highest BCUT2D eigenvalue weighted by Crippen LogP contribution is 2.14. The minimum atomic E-state index is -1.39. The fourth-order valence-electron chi connectivity index (χ4n) is 1.36. The molecule has 1 aromatic rings. The Morgan fingerprint density at radius 2 is 1.95 bits per heavy atom. The molecule has 0 saturated heterocycles. The van der Waals surface area contributed by atoms with E-state index in [9.17, 15) is 18.8 Å². The summed E-state index contributed by atoms with van der Waals surface area (Å²) in [5.74, 6) is -2.70. The number of carboxylic acid groups (broad SMARTS) is 1. The summed E-state index contributed by atoms with van der Waals surface area (Å²) in [5.41, 5.74) is -0.404. The van der Waals surface area contributed by atoms with Crippen LogP contribution in [-0.2, 0) is 4.79 Å². The summed E-state index contributed by atoms with van der Waals surface area (Å²) in [5, 5.41) is 15.7. The maximum Gasteiger partial charge on any atom is 0.338 e. The standard InChI is InChI=1S/C12H14FN3O4/c1-2-14-10(17)6-15-12(20)16-7-3-4-8(11(18)19)9(13)5-7/h3-5H,2,6H2,1H3,(H,14,17)(H,18,19)(H2,15,16,20). The number of likely N-dealkylation sites (N-methyl/N-ethyl adjacent to an activating group) is 1. The molecule has 0 aliphatic carbocycles. The van der Waals surface area contributed by atoms with Crippen LogP contribution in [0.4, 0.5) is 14.9 Å². The summed E-state index contributed by atoms with van der Waals surface area (Å²) >= 11 is 0. The molecule has 0 fully saturated rings. The van der Waals surface area contributed by atoms with Crippen LogP contribution >= 0.6 is 0 Å². The predicted octanol–water partition coefficient (Wildman–Crippen LogP) is 0.781. The van der Waals surface area contributed by atoms with Crippen molar-refractivity contribution in [1.82, 2.24) is 10.6 Å². The average Bonchev–Trinajstić information content (AvgIpc) is 2.36. The van der Waals surface area contributed by atoms with Crippen LogP contribution in [0, 0.1) is 5.82 Å². The zero-order valence-corrected chi connectivity index (χ0v) is 10.7. The van der Waals surface area contributed by atoms with E-state index in [0.29, 0.717) is 6.54 Å². The lowest BCUT2D eigenvalue weighted by Gasteiger charge is -2.08. The molecule has 0 heterocycles. The largest absolute Gasteiger partial charge is 0.478 e. The Bertz CT molecular complexity index is 533. The lowest BCUT2D eigenvalue weighted by molar-refractivity contribution is -0.119. The Hall–Kier alpha value is -2.64. The van der Waals surface area contributed by atoms with Crippen LogP contribution in [0.15, 0.2) is 18.2 Å². The second-order valence-corrected chi connectivity index (χ2v) is 3.76. The topological polar surface area (TPSA) is 108 Å². The van der Waals surface area contributed by atoms with Crippen molar-refractivity contribution in [2.24, 2.45) is 0 Å². The highest BCUT2D eigenvalue weighted by molar-refractivity contribution is 5.93. The van der Waals surface area contributed by atoms with Gasteiger partial charge in [-0.05, 0) is 25.1 Å². The molecule has 3 amide bonds. The zero-order valence-electron chi connectivity index (χ0n) is 10.7. The Balaban J connectivity index is 2.56. The average molecular weight is 283 g/mol. The first-order chi connectivity index (χ1) is 9.43. The maximum atomic E-state index is 13.3. The number of rotatable bonds is 5. The molecule has 0 aliphatic heterocycles. The van der Waals surface area contributed by atoms with E-state index in [1.54, 1.807) is 6.92 Å². The number of amides is 3. The van der Waals surface area contributed by atoms with Crippen LogP contribution in [0.5, 0.6) is 0 Å². The van der Waals surface area contributed by atoms with E-state index in [0.717, 1.165) is 12.1 Å². The number of carboxylic acids is 1. The highest BCUT2D eigenvalue weighted by Gasteiger charge is 2.11. The number of anilines is 1. The molecule has 8 heteroatoms. The highest BCUT2D eigenvalue weighted by atomic mass is 19.1. The number of hydrogen-bond donors (Lipinski definition) is 4. The first-order valence-electron chi connectivity index (χ1n) is 5.78. The predicted molar refractivity (Wildman–Crippen MR) is 69.1 cm³/mol. The third-order valence-corrected chi connectivity index (χ3v) is 2.24. The van der Waals surface area contributed by atoms with Crippen molar-refractivity contribution in [3.8, 4) is 0 Å². The second kappa shape index (κ2) is 7.07. The van der Waals surface area contributed by atoms with Crippen molar-refractivity contribution >= 4 is 23.6 Å². The van der Waals surface area contributed by atoms with Crippen molar-refractivity contribution in [2.75, 3.05) is 18.4 Å². The third kappa shape index (κ3) is 4.56. The fourth-order valence-corrected chi connectivity index (χ4v) is 1.36. The molecular weight excluding hydrogens is 269 g/mol. The number of aromatic carboxylic acids is 1. The fraction of sp³-hybridized carbons (Fsp3) is 0.250. The molecule has 0 bridgehead atoms. The van der Waals surface area contributed by atoms with Crippen LogP contribution in [0.3, 0.4) is 0 Å². The van der Waals surface area contributed by atoms with Crippen LogP contribution in [-0.4, -0.2) is 36.1 Å². The Morgan fingerprint density at radius 1 is 1.25 bits per heavy atom. The second-order valence-electron chi connectivity index (χ2n) is 3.76. The van der Waals surface area contributed by atoms with Crippen LogP contribution in [0.25, 0.3) is 0 Å². The molecule has 7 nitrogen and oxygen atoms in total.